The van der Waals surface area contributed by atoms with Gasteiger partial charge in [-0.3, -0.25) is 24.6 Å². The van der Waals surface area contributed by atoms with Gasteiger partial charge in [-0.15, -0.1) is 0 Å². The number of ether oxygens (including phenoxy) is 1. The fraction of sp³-hybridized carbons (Fsp3) is 0.591. The zero-order chi connectivity index (χ0) is 20.5. The highest BCUT2D eigenvalue weighted by Crippen LogP contribution is 2.31. The maximum atomic E-state index is 12.8. The molecule has 3 aliphatic rings. The standard InChI is InChI=1S/C22H29N3O4/c1-14(2)11-24-9-3-4-17(13-24)29-16-5-6-18-15(10-16)12-25(22(18)28)19-7-8-20(26)23-21(19)27/h5-6,10,14,17,19H,3-4,7-9,11-13H2,1-2H3,(H,23,26,27). The second kappa shape index (κ2) is 8.14. The van der Waals surface area contributed by atoms with Crippen LogP contribution in [0.2, 0.25) is 0 Å². The van der Waals surface area contributed by atoms with Gasteiger partial charge in [0.05, 0.1) is 0 Å². The van der Waals surface area contributed by atoms with Crippen molar-refractivity contribution in [2.45, 2.75) is 58.2 Å². The van der Waals surface area contributed by atoms with Crippen molar-refractivity contribution in [1.82, 2.24) is 15.1 Å². The molecule has 2 fully saturated rings. The van der Waals surface area contributed by atoms with E-state index in [1.165, 1.54) is 0 Å². The summed E-state index contributed by atoms with van der Waals surface area (Å²) in [6.07, 6.45) is 2.96. The molecule has 3 heterocycles. The lowest BCUT2D eigenvalue weighted by atomic mass is 10.0. The quantitative estimate of drug-likeness (QED) is 0.766. The van der Waals surface area contributed by atoms with E-state index in [0.717, 1.165) is 43.8 Å². The fourth-order valence-corrected chi connectivity index (χ4v) is 4.61. The predicted octanol–water partition coefficient (Wildman–Crippen LogP) is 1.95. The van der Waals surface area contributed by atoms with Crippen LogP contribution in [0.3, 0.4) is 0 Å². The van der Waals surface area contributed by atoms with Crippen molar-refractivity contribution in [2.75, 3.05) is 19.6 Å². The zero-order valence-electron chi connectivity index (χ0n) is 17.1. The van der Waals surface area contributed by atoms with Crippen LogP contribution >= 0.6 is 0 Å². The van der Waals surface area contributed by atoms with E-state index >= 15 is 0 Å². The van der Waals surface area contributed by atoms with E-state index in [4.69, 9.17) is 4.74 Å². The van der Waals surface area contributed by atoms with Gasteiger partial charge in [-0.25, -0.2) is 0 Å². The Morgan fingerprint density at radius 3 is 2.79 bits per heavy atom. The van der Waals surface area contributed by atoms with Crippen molar-refractivity contribution in [3.8, 4) is 5.75 Å². The molecule has 0 aromatic heterocycles. The first kappa shape index (κ1) is 19.9. The summed E-state index contributed by atoms with van der Waals surface area (Å²) in [7, 11) is 0. The Morgan fingerprint density at radius 2 is 2.03 bits per heavy atom. The van der Waals surface area contributed by atoms with E-state index in [0.29, 0.717) is 24.4 Å². The number of piperidine rings is 2. The van der Waals surface area contributed by atoms with E-state index in [9.17, 15) is 14.4 Å². The van der Waals surface area contributed by atoms with Crippen LogP contribution in [-0.2, 0) is 16.1 Å². The summed E-state index contributed by atoms with van der Waals surface area (Å²) in [6.45, 7) is 7.97. The molecule has 1 aromatic carbocycles. The Morgan fingerprint density at radius 1 is 1.21 bits per heavy atom. The van der Waals surface area contributed by atoms with Gasteiger partial charge in [-0.05, 0) is 55.5 Å². The molecular formula is C22H29N3O4. The summed E-state index contributed by atoms with van der Waals surface area (Å²) in [5.41, 5.74) is 1.50. The summed E-state index contributed by atoms with van der Waals surface area (Å²) >= 11 is 0. The molecule has 7 heteroatoms. The molecule has 0 radical (unpaired) electrons. The van der Waals surface area contributed by atoms with E-state index in [-0.39, 0.29) is 30.2 Å². The number of amides is 3. The number of hydrogen-bond donors (Lipinski definition) is 1. The van der Waals surface area contributed by atoms with Crippen LogP contribution in [0, 0.1) is 5.92 Å². The van der Waals surface area contributed by atoms with Crippen LogP contribution in [0.1, 0.15) is 55.5 Å². The van der Waals surface area contributed by atoms with E-state index in [2.05, 4.69) is 24.1 Å². The molecule has 156 valence electrons. The highest BCUT2D eigenvalue weighted by atomic mass is 16.5. The van der Waals surface area contributed by atoms with Crippen LogP contribution in [0.5, 0.6) is 5.75 Å². The average molecular weight is 399 g/mol. The van der Waals surface area contributed by atoms with Gasteiger partial charge in [0.2, 0.25) is 11.8 Å². The lowest BCUT2D eigenvalue weighted by Crippen LogP contribution is -2.52. The number of fused-ring (bicyclic) bond motifs is 1. The number of hydrogen-bond acceptors (Lipinski definition) is 5. The van der Waals surface area contributed by atoms with Crippen molar-refractivity contribution in [3.05, 3.63) is 29.3 Å². The molecule has 1 N–H and O–H groups in total. The van der Waals surface area contributed by atoms with Gasteiger partial charge in [0.15, 0.2) is 0 Å². The number of imide groups is 1. The Labute approximate surface area is 171 Å². The molecule has 7 nitrogen and oxygen atoms in total. The molecule has 0 bridgehead atoms. The monoisotopic (exact) mass is 399 g/mol. The highest BCUT2D eigenvalue weighted by Gasteiger charge is 2.39. The minimum absolute atomic E-state index is 0.151. The van der Waals surface area contributed by atoms with Gasteiger partial charge in [-0.1, -0.05) is 13.8 Å². The average Bonchev–Trinajstić information content (AvgIpc) is 2.97. The van der Waals surface area contributed by atoms with Gasteiger partial charge in [0.1, 0.15) is 17.9 Å². The SMILES string of the molecule is CC(C)CN1CCCC(Oc2ccc3c(c2)CN(C2CCC(=O)NC2=O)C3=O)C1. The van der Waals surface area contributed by atoms with Crippen molar-refractivity contribution in [2.24, 2.45) is 5.92 Å². The van der Waals surface area contributed by atoms with E-state index in [1.54, 1.807) is 11.0 Å². The van der Waals surface area contributed by atoms with Crippen molar-refractivity contribution in [1.29, 1.82) is 0 Å². The summed E-state index contributed by atoms with van der Waals surface area (Å²) in [5, 5.41) is 2.34. The van der Waals surface area contributed by atoms with Crippen molar-refractivity contribution >= 4 is 17.7 Å². The number of rotatable bonds is 5. The van der Waals surface area contributed by atoms with Gasteiger partial charge < -0.3 is 9.64 Å². The second-order valence-electron chi connectivity index (χ2n) is 8.75. The second-order valence-corrected chi connectivity index (χ2v) is 8.75. The third kappa shape index (κ3) is 4.29. The van der Waals surface area contributed by atoms with Gasteiger partial charge in [0.25, 0.3) is 5.91 Å². The Hall–Kier alpha value is -2.41. The topological polar surface area (TPSA) is 79.0 Å². The number of carbonyl (C=O) groups is 3. The lowest BCUT2D eigenvalue weighted by Gasteiger charge is -2.33. The molecule has 2 atom stereocenters. The summed E-state index contributed by atoms with van der Waals surface area (Å²) in [5.74, 6) is 0.606. The number of nitrogens with zero attached hydrogens (tertiary/aromatic N) is 2. The number of likely N-dealkylation sites (tertiary alicyclic amines) is 1. The summed E-state index contributed by atoms with van der Waals surface area (Å²) in [6, 6.07) is 5.00. The Kier molecular flexibility index (Phi) is 5.58. The van der Waals surface area contributed by atoms with E-state index < -0.39 is 6.04 Å². The number of nitrogens with one attached hydrogen (secondary N) is 1. The molecule has 0 aliphatic carbocycles. The normalized spacial score (nSPS) is 25.3. The fourth-order valence-electron chi connectivity index (χ4n) is 4.61. The van der Waals surface area contributed by atoms with Gasteiger partial charge >= 0.3 is 0 Å². The van der Waals surface area contributed by atoms with Crippen LogP contribution < -0.4 is 10.1 Å². The molecule has 1 aromatic rings. The molecule has 3 aliphatic heterocycles. The van der Waals surface area contributed by atoms with Crippen LogP contribution in [0.4, 0.5) is 0 Å². The van der Waals surface area contributed by atoms with Crippen molar-refractivity contribution < 1.29 is 19.1 Å². The molecule has 0 saturated carbocycles. The largest absolute Gasteiger partial charge is 0.489 e. The van der Waals surface area contributed by atoms with Crippen LogP contribution in [-0.4, -0.2) is 59.3 Å². The third-order valence-corrected chi connectivity index (χ3v) is 5.88. The molecule has 2 unspecified atom stereocenters. The maximum absolute atomic E-state index is 12.8. The van der Waals surface area contributed by atoms with Gasteiger partial charge in [0, 0.05) is 31.6 Å². The third-order valence-electron chi connectivity index (χ3n) is 5.88. The lowest BCUT2D eigenvalue weighted by molar-refractivity contribution is -0.136. The minimum Gasteiger partial charge on any atom is -0.489 e. The maximum Gasteiger partial charge on any atom is 0.255 e. The van der Waals surface area contributed by atoms with E-state index in [1.807, 2.05) is 12.1 Å². The first-order valence-corrected chi connectivity index (χ1v) is 10.6. The molecular weight excluding hydrogens is 370 g/mol. The highest BCUT2D eigenvalue weighted by molar-refractivity contribution is 6.05. The van der Waals surface area contributed by atoms with Crippen LogP contribution in [0.25, 0.3) is 0 Å². The Bertz CT molecular complexity index is 822. The number of carbonyl (C=O) groups excluding carboxylic acids is 3. The van der Waals surface area contributed by atoms with Crippen molar-refractivity contribution in [3.63, 3.8) is 0 Å². The first-order chi connectivity index (χ1) is 13.9. The Balaban J connectivity index is 1.42. The molecule has 3 amide bonds. The summed E-state index contributed by atoms with van der Waals surface area (Å²) in [4.78, 5) is 40.4. The minimum atomic E-state index is -0.583. The number of benzene rings is 1. The zero-order valence-corrected chi connectivity index (χ0v) is 17.1. The molecule has 4 rings (SSSR count). The summed E-state index contributed by atoms with van der Waals surface area (Å²) < 4.78 is 6.25. The smallest absolute Gasteiger partial charge is 0.255 e. The van der Waals surface area contributed by atoms with Gasteiger partial charge in [-0.2, -0.15) is 0 Å². The molecule has 0 spiro atoms. The predicted molar refractivity (Wildman–Crippen MR) is 107 cm³/mol. The van der Waals surface area contributed by atoms with Crippen LogP contribution in [0.15, 0.2) is 18.2 Å². The molecule has 29 heavy (non-hydrogen) atoms. The first-order valence-electron chi connectivity index (χ1n) is 10.6. The molecule has 2 saturated heterocycles.